The van der Waals surface area contributed by atoms with Crippen LogP contribution in [0.2, 0.25) is 0 Å². The molecule has 0 bridgehead atoms. The third kappa shape index (κ3) is 2.05. The van der Waals surface area contributed by atoms with Crippen molar-refractivity contribution < 1.29 is 0 Å². The van der Waals surface area contributed by atoms with Crippen molar-refractivity contribution in [1.82, 2.24) is 0 Å². The van der Waals surface area contributed by atoms with Gasteiger partial charge in [0.05, 0.1) is 0 Å². The minimum Gasteiger partial charge on any atom is -0.135 e. The Morgan fingerprint density at radius 2 is 2.19 bits per heavy atom. The van der Waals surface area contributed by atoms with Crippen molar-refractivity contribution in [1.29, 1.82) is 0 Å². The van der Waals surface area contributed by atoms with Gasteiger partial charge in [-0.2, -0.15) is 0 Å². The molecular formula is C15H18S. The van der Waals surface area contributed by atoms with Crippen LogP contribution in [-0.4, -0.2) is 0 Å². The first kappa shape index (κ1) is 11.4. The van der Waals surface area contributed by atoms with E-state index < -0.39 is 0 Å². The summed E-state index contributed by atoms with van der Waals surface area (Å²) < 4.78 is 2.76. The zero-order valence-electron chi connectivity index (χ0n) is 10.0. The molecule has 0 radical (unpaired) electrons. The molecule has 1 heteroatoms. The van der Waals surface area contributed by atoms with Gasteiger partial charge in [0, 0.05) is 9.23 Å². The molecule has 1 aromatic carbocycles. The standard InChI is InChI=1S/C15H18S/c1-4-5-6-10-14-12(3)13-9-7-8-11(2)15(13)16-14/h7-10H,3-6H2,1-2H3/b14-10+. The summed E-state index contributed by atoms with van der Waals surface area (Å²) in [5.74, 6) is 0. The molecule has 16 heavy (non-hydrogen) atoms. The van der Waals surface area contributed by atoms with Gasteiger partial charge >= 0.3 is 0 Å². The molecule has 0 saturated heterocycles. The summed E-state index contributed by atoms with van der Waals surface area (Å²) >= 11 is 1.88. The zero-order valence-corrected chi connectivity index (χ0v) is 10.9. The Bertz CT molecular complexity index is 590. The molecule has 0 amide bonds. The normalized spacial score (nSPS) is 12.5. The van der Waals surface area contributed by atoms with Crippen molar-refractivity contribution >= 4 is 34.1 Å². The minimum atomic E-state index is 1.17. The molecule has 0 atom stereocenters. The third-order valence-corrected chi connectivity index (χ3v) is 4.31. The van der Waals surface area contributed by atoms with E-state index in [4.69, 9.17) is 0 Å². The number of aryl methyl sites for hydroxylation is 1. The van der Waals surface area contributed by atoms with Crippen LogP contribution >= 0.6 is 11.3 Å². The molecule has 0 aliphatic rings. The van der Waals surface area contributed by atoms with Gasteiger partial charge in [-0.3, -0.25) is 0 Å². The number of thiophene rings is 1. The lowest BCUT2D eigenvalue weighted by atomic mass is 10.1. The number of benzene rings is 1. The van der Waals surface area contributed by atoms with E-state index in [0.29, 0.717) is 0 Å². The van der Waals surface area contributed by atoms with Crippen LogP contribution in [0, 0.1) is 6.92 Å². The second-order valence-corrected chi connectivity index (χ2v) is 5.30. The first-order valence-corrected chi connectivity index (χ1v) is 6.73. The zero-order chi connectivity index (χ0) is 11.5. The van der Waals surface area contributed by atoms with E-state index in [2.05, 4.69) is 44.7 Å². The lowest BCUT2D eigenvalue weighted by molar-refractivity contribution is 0.834. The monoisotopic (exact) mass is 230 g/mol. The Labute approximate surface area is 101 Å². The maximum absolute atomic E-state index is 4.21. The number of hydrogen-bond donors (Lipinski definition) is 0. The van der Waals surface area contributed by atoms with Crippen LogP contribution < -0.4 is 9.75 Å². The minimum absolute atomic E-state index is 1.17. The van der Waals surface area contributed by atoms with E-state index in [1.54, 1.807) is 0 Å². The highest BCUT2D eigenvalue weighted by atomic mass is 32.1. The molecule has 84 valence electrons. The summed E-state index contributed by atoms with van der Waals surface area (Å²) in [7, 11) is 0. The second kappa shape index (κ2) is 4.84. The average Bonchev–Trinajstić information content (AvgIpc) is 2.59. The maximum Gasteiger partial charge on any atom is 0.0384 e. The van der Waals surface area contributed by atoms with Crippen LogP contribution in [0.5, 0.6) is 0 Å². The Kier molecular flexibility index (Phi) is 3.45. The molecule has 0 saturated carbocycles. The predicted molar refractivity (Wildman–Crippen MR) is 75.3 cm³/mol. The molecule has 2 rings (SSSR count). The molecule has 0 N–H and O–H groups in total. The van der Waals surface area contributed by atoms with E-state index in [-0.39, 0.29) is 0 Å². The Hall–Kier alpha value is -1.08. The van der Waals surface area contributed by atoms with E-state index in [1.807, 2.05) is 11.3 Å². The van der Waals surface area contributed by atoms with Crippen molar-refractivity contribution in [2.45, 2.75) is 33.1 Å². The first-order valence-electron chi connectivity index (χ1n) is 5.91. The molecule has 0 nitrogen and oxygen atoms in total. The van der Waals surface area contributed by atoms with Gasteiger partial charge in [-0.15, -0.1) is 11.3 Å². The molecule has 0 aliphatic carbocycles. The first-order chi connectivity index (χ1) is 7.74. The molecule has 0 spiro atoms. The lowest BCUT2D eigenvalue weighted by Crippen LogP contribution is -2.15. The van der Waals surface area contributed by atoms with Crippen LogP contribution in [-0.2, 0) is 0 Å². The molecule has 0 unspecified atom stereocenters. The fourth-order valence-corrected chi connectivity index (χ4v) is 3.12. The van der Waals surface area contributed by atoms with Gasteiger partial charge in [-0.25, -0.2) is 0 Å². The summed E-state index contributed by atoms with van der Waals surface area (Å²) in [4.78, 5) is 0. The van der Waals surface area contributed by atoms with Crippen LogP contribution in [0.25, 0.3) is 22.7 Å². The van der Waals surface area contributed by atoms with E-state index in [0.717, 1.165) is 0 Å². The highest BCUT2D eigenvalue weighted by molar-refractivity contribution is 7.17. The van der Waals surface area contributed by atoms with Gasteiger partial charge in [0.15, 0.2) is 0 Å². The van der Waals surface area contributed by atoms with Crippen LogP contribution in [0.3, 0.4) is 0 Å². The van der Waals surface area contributed by atoms with Crippen molar-refractivity contribution in [3.63, 3.8) is 0 Å². The average molecular weight is 230 g/mol. The van der Waals surface area contributed by atoms with E-state index in [9.17, 15) is 0 Å². The number of hydrogen-bond acceptors (Lipinski definition) is 1. The highest BCUT2D eigenvalue weighted by Gasteiger charge is 2.01. The predicted octanol–water partition coefficient (Wildman–Crippen LogP) is 3.59. The Morgan fingerprint density at radius 3 is 2.88 bits per heavy atom. The molecule has 1 aromatic heterocycles. The van der Waals surface area contributed by atoms with Gasteiger partial charge < -0.3 is 0 Å². The fourth-order valence-electron chi connectivity index (χ4n) is 1.93. The lowest BCUT2D eigenvalue weighted by Gasteiger charge is -1.92. The molecule has 2 aromatic rings. The smallest absolute Gasteiger partial charge is 0.0384 e. The van der Waals surface area contributed by atoms with Crippen molar-refractivity contribution in [3.05, 3.63) is 33.5 Å². The number of fused-ring (bicyclic) bond motifs is 1. The van der Waals surface area contributed by atoms with Gasteiger partial charge in [0.2, 0.25) is 0 Å². The highest BCUT2D eigenvalue weighted by Crippen LogP contribution is 2.17. The largest absolute Gasteiger partial charge is 0.135 e. The molecule has 0 aliphatic heterocycles. The van der Waals surface area contributed by atoms with E-state index >= 15 is 0 Å². The van der Waals surface area contributed by atoms with Gasteiger partial charge in [0.1, 0.15) is 0 Å². The summed E-state index contributed by atoms with van der Waals surface area (Å²) in [5.41, 5.74) is 1.36. The van der Waals surface area contributed by atoms with Crippen LogP contribution in [0.15, 0.2) is 18.2 Å². The van der Waals surface area contributed by atoms with Crippen molar-refractivity contribution in [2.24, 2.45) is 0 Å². The third-order valence-electron chi connectivity index (χ3n) is 2.93. The van der Waals surface area contributed by atoms with Gasteiger partial charge in [-0.1, -0.05) is 50.6 Å². The van der Waals surface area contributed by atoms with Gasteiger partial charge in [-0.05, 0) is 29.5 Å². The SMILES string of the molecule is C=c1/c(=C\CCCC)sc2c(C)cccc12. The Morgan fingerprint density at radius 1 is 1.38 bits per heavy atom. The second-order valence-electron chi connectivity index (χ2n) is 4.24. The summed E-state index contributed by atoms with van der Waals surface area (Å²) in [6.45, 7) is 8.61. The topological polar surface area (TPSA) is 0 Å². The Balaban J connectivity index is 2.56. The fraction of sp³-hybridized carbons (Fsp3) is 0.333. The maximum atomic E-state index is 4.21. The van der Waals surface area contributed by atoms with Crippen molar-refractivity contribution in [3.8, 4) is 0 Å². The summed E-state index contributed by atoms with van der Waals surface area (Å²) in [6.07, 6.45) is 6.04. The summed E-state index contributed by atoms with van der Waals surface area (Å²) in [5, 5.41) is 2.53. The van der Waals surface area contributed by atoms with Crippen LogP contribution in [0.4, 0.5) is 0 Å². The van der Waals surface area contributed by atoms with Crippen molar-refractivity contribution in [2.75, 3.05) is 0 Å². The summed E-state index contributed by atoms with van der Waals surface area (Å²) in [6, 6.07) is 6.47. The van der Waals surface area contributed by atoms with E-state index in [1.165, 1.54) is 44.7 Å². The van der Waals surface area contributed by atoms with Gasteiger partial charge in [0.25, 0.3) is 0 Å². The van der Waals surface area contributed by atoms with Crippen LogP contribution in [0.1, 0.15) is 31.7 Å². The molecular weight excluding hydrogens is 212 g/mol. The quantitative estimate of drug-likeness (QED) is 0.707. The number of unbranched alkanes of at least 4 members (excludes halogenated alkanes) is 2. The number of rotatable bonds is 3. The molecule has 0 fully saturated rings. The molecule has 1 heterocycles.